The largest absolute Gasteiger partial charge is 0.444 e. The molecule has 0 N–H and O–H groups in total. The molecule has 0 aliphatic carbocycles. The van der Waals surface area contributed by atoms with Gasteiger partial charge in [0.2, 0.25) is 0 Å². The van der Waals surface area contributed by atoms with Crippen LogP contribution < -0.4 is 10.4 Å². The highest BCUT2D eigenvalue weighted by Crippen LogP contribution is 2.39. The number of nitrogens with zero attached hydrogens (tertiary/aromatic N) is 1. The van der Waals surface area contributed by atoms with E-state index in [1.807, 2.05) is 39.0 Å². The van der Waals surface area contributed by atoms with Crippen LogP contribution in [0.25, 0.3) is 0 Å². The van der Waals surface area contributed by atoms with Crippen LogP contribution in [-0.2, 0) is 9.16 Å². The Bertz CT molecular complexity index is 892. The van der Waals surface area contributed by atoms with E-state index in [0.29, 0.717) is 6.54 Å². The maximum absolute atomic E-state index is 13.0. The van der Waals surface area contributed by atoms with Crippen LogP contribution in [0.5, 0.6) is 0 Å². The van der Waals surface area contributed by atoms with E-state index < -0.39 is 13.9 Å². The predicted octanol–water partition coefficient (Wildman–Crippen LogP) is 5.52. The van der Waals surface area contributed by atoms with Gasteiger partial charge in [0, 0.05) is 6.54 Å². The Morgan fingerprint density at radius 2 is 1.48 bits per heavy atom. The maximum atomic E-state index is 13.0. The third-order valence-corrected chi connectivity index (χ3v) is 11.3. The van der Waals surface area contributed by atoms with Crippen molar-refractivity contribution in [3.05, 3.63) is 73.3 Å². The van der Waals surface area contributed by atoms with Gasteiger partial charge in [-0.25, -0.2) is 4.79 Å². The van der Waals surface area contributed by atoms with Crippen molar-refractivity contribution in [3.8, 4) is 0 Å². The molecule has 0 unspecified atom stereocenters. The van der Waals surface area contributed by atoms with Crippen molar-refractivity contribution in [2.75, 3.05) is 6.54 Å². The quantitative estimate of drug-likeness (QED) is 0.431. The van der Waals surface area contributed by atoms with E-state index in [2.05, 4.69) is 75.9 Å². The summed E-state index contributed by atoms with van der Waals surface area (Å²) in [5, 5.41) is 2.34. The molecule has 178 valence electrons. The average molecular weight is 466 g/mol. The van der Waals surface area contributed by atoms with Crippen molar-refractivity contribution in [3.63, 3.8) is 0 Å². The van der Waals surface area contributed by atoms with Crippen molar-refractivity contribution < 1.29 is 14.0 Å². The van der Waals surface area contributed by atoms with Gasteiger partial charge >= 0.3 is 6.09 Å². The number of hydrogen-bond donors (Lipinski definition) is 0. The molecule has 1 fully saturated rings. The van der Waals surface area contributed by atoms with Crippen LogP contribution >= 0.6 is 0 Å². The number of carbonyl (C=O) groups is 1. The van der Waals surface area contributed by atoms with E-state index in [1.54, 1.807) is 4.90 Å². The third-order valence-electron chi connectivity index (χ3n) is 6.24. The van der Waals surface area contributed by atoms with E-state index in [-0.39, 0.29) is 23.3 Å². The number of benzene rings is 2. The summed E-state index contributed by atoms with van der Waals surface area (Å²) in [6, 6.07) is 21.0. The third kappa shape index (κ3) is 5.41. The molecular weight excluding hydrogens is 426 g/mol. The minimum absolute atomic E-state index is 0.129. The summed E-state index contributed by atoms with van der Waals surface area (Å²) in [4.78, 5) is 14.8. The van der Waals surface area contributed by atoms with Crippen molar-refractivity contribution in [1.82, 2.24) is 4.90 Å². The van der Waals surface area contributed by atoms with Gasteiger partial charge < -0.3 is 9.16 Å². The Hall–Kier alpha value is -2.37. The highest BCUT2D eigenvalue weighted by Gasteiger charge is 2.53. The molecule has 0 saturated carbocycles. The summed E-state index contributed by atoms with van der Waals surface area (Å²) in [6.45, 7) is 17.2. The molecule has 0 bridgehead atoms. The fraction of sp³-hybridized carbons (Fsp3) is 0.464. The Kier molecular flexibility index (Phi) is 7.54. The van der Waals surface area contributed by atoms with Crippen LogP contribution in [0.1, 0.15) is 54.4 Å². The normalized spacial score (nSPS) is 19.8. The van der Waals surface area contributed by atoms with Crippen LogP contribution in [0.3, 0.4) is 0 Å². The number of carbonyl (C=O) groups excluding carboxylic acids is 1. The van der Waals surface area contributed by atoms with Crippen LogP contribution in [0.4, 0.5) is 4.79 Å². The van der Waals surface area contributed by atoms with Crippen LogP contribution in [0.15, 0.2) is 73.3 Å². The minimum atomic E-state index is -2.73. The number of hydrogen-bond acceptors (Lipinski definition) is 3. The molecule has 5 heteroatoms. The van der Waals surface area contributed by atoms with Gasteiger partial charge in [-0.1, -0.05) is 87.5 Å². The molecule has 1 aliphatic heterocycles. The van der Waals surface area contributed by atoms with E-state index in [9.17, 15) is 4.79 Å². The highest BCUT2D eigenvalue weighted by atomic mass is 28.4. The molecule has 1 heterocycles. The Balaban J connectivity index is 2.07. The van der Waals surface area contributed by atoms with Crippen LogP contribution in [0.2, 0.25) is 5.04 Å². The maximum Gasteiger partial charge on any atom is 0.410 e. The lowest BCUT2D eigenvalue weighted by molar-refractivity contribution is -0.00765. The Morgan fingerprint density at radius 3 is 1.91 bits per heavy atom. The van der Waals surface area contributed by atoms with Gasteiger partial charge in [-0.15, -0.1) is 6.58 Å². The van der Waals surface area contributed by atoms with E-state index >= 15 is 0 Å². The van der Waals surface area contributed by atoms with E-state index in [1.165, 1.54) is 10.4 Å². The zero-order chi connectivity index (χ0) is 24.3. The first-order valence-electron chi connectivity index (χ1n) is 11.9. The standard InChI is InChI=1S/C28H39NO3Si/c1-8-24-25(20-15-21-29(24)26(30)31-27(2,3)4)32-33(28(5,6)7,22-16-11-9-12-17-22)23-18-13-10-14-19-23/h8-14,16-19,24-25H,1,15,20-21H2,2-7H3/t24-,25+/m1/s1. The number of ether oxygens (including phenoxy) is 1. The van der Waals surface area contributed by atoms with Gasteiger partial charge in [0.05, 0.1) is 12.1 Å². The number of likely N-dealkylation sites (tertiary alicyclic amines) is 1. The highest BCUT2D eigenvalue weighted by molar-refractivity contribution is 6.99. The van der Waals surface area contributed by atoms with Gasteiger partial charge in [-0.3, -0.25) is 4.90 Å². The predicted molar refractivity (Wildman–Crippen MR) is 139 cm³/mol. The SMILES string of the molecule is C=C[C@@H]1[C@@H](O[Si](c2ccccc2)(c2ccccc2)C(C)(C)C)CCCN1C(=O)OC(C)(C)C. The van der Waals surface area contributed by atoms with Crippen molar-refractivity contribution in [2.45, 2.75) is 77.2 Å². The molecule has 2 atom stereocenters. The molecule has 1 saturated heterocycles. The summed E-state index contributed by atoms with van der Waals surface area (Å²) < 4.78 is 13.1. The van der Waals surface area contributed by atoms with Gasteiger partial charge in [0.1, 0.15) is 5.60 Å². The van der Waals surface area contributed by atoms with Gasteiger partial charge in [-0.05, 0) is 49.0 Å². The molecule has 0 spiro atoms. The first-order valence-corrected chi connectivity index (χ1v) is 13.8. The molecule has 2 aromatic rings. The molecule has 0 aromatic heterocycles. The minimum Gasteiger partial charge on any atom is -0.444 e. The fourth-order valence-electron chi connectivity index (χ4n) is 4.84. The van der Waals surface area contributed by atoms with E-state index in [0.717, 1.165) is 12.8 Å². The van der Waals surface area contributed by atoms with Crippen molar-refractivity contribution >= 4 is 24.8 Å². The molecule has 33 heavy (non-hydrogen) atoms. The number of amides is 1. The van der Waals surface area contributed by atoms with Crippen molar-refractivity contribution in [1.29, 1.82) is 0 Å². The van der Waals surface area contributed by atoms with Gasteiger partial charge in [0.25, 0.3) is 8.32 Å². The van der Waals surface area contributed by atoms with Crippen molar-refractivity contribution in [2.24, 2.45) is 0 Å². The summed E-state index contributed by atoms with van der Waals surface area (Å²) in [6.07, 6.45) is 3.14. The molecule has 1 aliphatic rings. The lowest BCUT2D eigenvalue weighted by Gasteiger charge is -2.49. The first-order chi connectivity index (χ1) is 15.5. The lowest BCUT2D eigenvalue weighted by atomic mass is 9.99. The fourth-order valence-corrected chi connectivity index (χ4v) is 9.57. The van der Waals surface area contributed by atoms with Crippen LogP contribution in [-0.4, -0.2) is 43.6 Å². The monoisotopic (exact) mass is 465 g/mol. The molecule has 3 rings (SSSR count). The second kappa shape index (κ2) is 9.86. The Morgan fingerprint density at radius 1 is 0.970 bits per heavy atom. The average Bonchev–Trinajstić information content (AvgIpc) is 2.76. The van der Waals surface area contributed by atoms with Gasteiger partial charge in [-0.2, -0.15) is 0 Å². The number of piperidine rings is 1. The summed E-state index contributed by atoms with van der Waals surface area (Å²) in [5.74, 6) is 0. The zero-order valence-electron chi connectivity index (χ0n) is 21.0. The topological polar surface area (TPSA) is 38.8 Å². The lowest BCUT2D eigenvalue weighted by Crippen LogP contribution is -2.69. The summed E-state index contributed by atoms with van der Waals surface area (Å²) in [5.41, 5.74) is -0.547. The molecule has 4 nitrogen and oxygen atoms in total. The zero-order valence-corrected chi connectivity index (χ0v) is 22.0. The molecule has 2 aromatic carbocycles. The molecule has 1 amide bonds. The number of rotatable bonds is 5. The summed E-state index contributed by atoms with van der Waals surface area (Å²) >= 11 is 0. The van der Waals surface area contributed by atoms with E-state index in [4.69, 9.17) is 9.16 Å². The first kappa shape index (κ1) is 25.3. The smallest absolute Gasteiger partial charge is 0.410 e. The second-order valence-corrected chi connectivity index (χ2v) is 15.1. The Labute approximate surface area is 200 Å². The second-order valence-electron chi connectivity index (χ2n) is 10.9. The summed E-state index contributed by atoms with van der Waals surface area (Å²) in [7, 11) is -2.73. The van der Waals surface area contributed by atoms with Crippen LogP contribution in [0, 0.1) is 0 Å². The van der Waals surface area contributed by atoms with Gasteiger partial charge in [0.15, 0.2) is 0 Å². The molecular formula is C28H39NO3Si. The molecule has 0 radical (unpaired) electrons.